The lowest BCUT2D eigenvalue weighted by molar-refractivity contribution is 0.252. The molecule has 2 atom stereocenters. The van der Waals surface area contributed by atoms with Crippen LogP contribution in [-0.4, -0.2) is 35.6 Å². The Morgan fingerprint density at radius 3 is 2.80 bits per heavy atom. The van der Waals surface area contributed by atoms with Gasteiger partial charge in [-0.25, -0.2) is 0 Å². The minimum atomic E-state index is -0.0133. The van der Waals surface area contributed by atoms with Crippen LogP contribution in [0.3, 0.4) is 0 Å². The smallest absolute Gasteiger partial charge is 0.0637 e. The number of likely N-dealkylation sites (tertiary alicyclic amines) is 1. The molecular formula is C16H24ClN3. The van der Waals surface area contributed by atoms with E-state index in [0.29, 0.717) is 12.6 Å². The summed E-state index contributed by atoms with van der Waals surface area (Å²) in [5.74, 6) is 0. The van der Waals surface area contributed by atoms with E-state index in [2.05, 4.69) is 29.3 Å². The molecule has 0 radical (unpaired) electrons. The minimum Gasteiger partial charge on any atom is -0.377 e. The van der Waals surface area contributed by atoms with Crippen LogP contribution in [0.1, 0.15) is 31.7 Å². The molecule has 2 fully saturated rings. The molecule has 1 aromatic carbocycles. The predicted molar refractivity (Wildman–Crippen MR) is 85.4 cm³/mol. The van der Waals surface area contributed by atoms with Gasteiger partial charge in [-0.15, -0.1) is 0 Å². The first-order valence-corrected chi connectivity index (χ1v) is 7.91. The molecule has 1 aliphatic carbocycles. The Labute approximate surface area is 126 Å². The Bertz CT molecular complexity index is 500. The average molecular weight is 294 g/mol. The fraction of sp³-hybridized carbons (Fsp3) is 0.625. The van der Waals surface area contributed by atoms with E-state index in [1.54, 1.807) is 0 Å². The molecule has 1 heterocycles. The van der Waals surface area contributed by atoms with Gasteiger partial charge in [0.25, 0.3) is 0 Å². The first-order chi connectivity index (χ1) is 9.53. The highest BCUT2D eigenvalue weighted by Gasteiger charge is 2.46. The highest BCUT2D eigenvalue weighted by atomic mass is 35.5. The maximum atomic E-state index is 6.22. The maximum absolute atomic E-state index is 6.22. The van der Waals surface area contributed by atoms with Crippen LogP contribution in [-0.2, 0) is 0 Å². The predicted octanol–water partition coefficient (Wildman–Crippen LogP) is 3.01. The van der Waals surface area contributed by atoms with Gasteiger partial charge in [0.2, 0.25) is 0 Å². The molecule has 2 unspecified atom stereocenters. The summed E-state index contributed by atoms with van der Waals surface area (Å²) in [7, 11) is 0. The minimum absolute atomic E-state index is 0.0133. The molecule has 20 heavy (non-hydrogen) atoms. The number of hydrogen-bond acceptors (Lipinski definition) is 3. The summed E-state index contributed by atoms with van der Waals surface area (Å²) in [6, 6.07) is 7.58. The van der Waals surface area contributed by atoms with Gasteiger partial charge in [-0.1, -0.05) is 17.7 Å². The van der Waals surface area contributed by atoms with Gasteiger partial charge in [0.1, 0.15) is 0 Å². The van der Waals surface area contributed by atoms with E-state index in [1.807, 2.05) is 13.0 Å². The molecule has 0 aromatic heterocycles. The molecule has 4 heteroatoms. The molecule has 110 valence electrons. The van der Waals surface area contributed by atoms with E-state index >= 15 is 0 Å². The second-order valence-corrected chi connectivity index (χ2v) is 6.94. The van der Waals surface area contributed by atoms with Crippen molar-refractivity contribution in [3.8, 4) is 0 Å². The standard InChI is InChI=1S/C16H24ClN3/c1-11-3-4-13(7-15(11)17)19-16(9-18)8-12(2)20(10-16)14-5-6-14/h3-4,7,12,14,19H,5-6,8-10,18H2,1-2H3. The summed E-state index contributed by atoms with van der Waals surface area (Å²) in [5, 5.41) is 4.48. The van der Waals surface area contributed by atoms with Crippen molar-refractivity contribution in [2.24, 2.45) is 5.73 Å². The number of aryl methyl sites for hydroxylation is 1. The van der Waals surface area contributed by atoms with Gasteiger partial charge < -0.3 is 11.1 Å². The van der Waals surface area contributed by atoms with E-state index in [9.17, 15) is 0 Å². The Balaban J connectivity index is 1.77. The van der Waals surface area contributed by atoms with Crippen LogP contribution in [0.25, 0.3) is 0 Å². The summed E-state index contributed by atoms with van der Waals surface area (Å²) < 4.78 is 0. The fourth-order valence-electron chi connectivity index (χ4n) is 3.41. The molecule has 0 spiro atoms. The molecule has 2 aliphatic rings. The molecule has 0 amide bonds. The topological polar surface area (TPSA) is 41.3 Å². The van der Waals surface area contributed by atoms with Crippen LogP contribution >= 0.6 is 11.6 Å². The number of benzene rings is 1. The Kier molecular flexibility index (Phi) is 3.69. The highest BCUT2D eigenvalue weighted by Crippen LogP contribution is 2.38. The lowest BCUT2D eigenvalue weighted by Gasteiger charge is -2.30. The molecule has 1 saturated heterocycles. The third-order valence-electron chi connectivity index (χ3n) is 4.73. The van der Waals surface area contributed by atoms with Crippen molar-refractivity contribution >= 4 is 17.3 Å². The Hall–Kier alpha value is -0.770. The SMILES string of the molecule is Cc1ccc(NC2(CN)CC(C)N(C3CC3)C2)cc1Cl. The molecule has 0 bridgehead atoms. The van der Waals surface area contributed by atoms with Gasteiger partial charge in [0.05, 0.1) is 5.54 Å². The Morgan fingerprint density at radius 1 is 1.45 bits per heavy atom. The number of anilines is 1. The number of nitrogens with one attached hydrogen (secondary N) is 1. The van der Waals surface area contributed by atoms with Crippen LogP contribution in [0.5, 0.6) is 0 Å². The van der Waals surface area contributed by atoms with Crippen molar-refractivity contribution in [2.75, 3.05) is 18.4 Å². The van der Waals surface area contributed by atoms with Crippen molar-refractivity contribution in [3.05, 3.63) is 28.8 Å². The first-order valence-electron chi connectivity index (χ1n) is 7.53. The van der Waals surface area contributed by atoms with E-state index in [-0.39, 0.29) is 5.54 Å². The maximum Gasteiger partial charge on any atom is 0.0637 e. The second-order valence-electron chi connectivity index (χ2n) is 6.53. The van der Waals surface area contributed by atoms with E-state index in [1.165, 1.54) is 12.8 Å². The summed E-state index contributed by atoms with van der Waals surface area (Å²) in [6.07, 6.45) is 3.80. The monoisotopic (exact) mass is 293 g/mol. The Morgan fingerprint density at radius 2 is 2.20 bits per heavy atom. The van der Waals surface area contributed by atoms with Crippen LogP contribution < -0.4 is 11.1 Å². The third-order valence-corrected chi connectivity index (χ3v) is 5.13. The lowest BCUT2D eigenvalue weighted by Crippen LogP contribution is -2.48. The van der Waals surface area contributed by atoms with Crippen molar-refractivity contribution < 1.29 is 0 Å². The fourth-order valence-corrected chi connectivity index (χ4v) is 3.59. The molecule has 3 N–H and O–H groups in total. The first kappa shape index (κ1) is 14.2. The molecular weight excluding hydrogens is 270 g/mol. The lowest BCUT2D eigenvalue weighted by atomic mass is 9.96. The van der Waals surface area contributed by atoms with Crippen molar-refractivity contribution in [1.82, 2.24) is 4.90 Å². The largest absolute Gasteiger partial charge is 0.377 e. The van der Waals surface area contributed by atoms with Crippen molar-refractivity contribution in [1.29, 1.82) is 0 Å². The van der Waals surface area contributed by atoms with Crippen LogP contribution in [0, 0.1) is 6.92 Å². The molecule has 3 rings (SSSR count). The number of halogens is 1. The summed E-state index contributed by atoms with van der Waals surface area (Å²) in [6.45, 7) is 6.05. The van der Waals surface area contributed by atoms with Gasteiger partial charge in [-0.2, -0.15) is 0 Å². The van der Waals surface area contributed by atoms with Crippen molar-refractivity contribution in [2.45, 2.75) is 50.7 Å². The number of rotatable bonds is 4. The third kappa shape index (κ3) is 2.67. The zero-order valence-corrected chi connectivity index (χ0v) is 13.1. The van der Waals surface area contributed by atoms with Crippen LogP contribution in [0.15, 0.2) is 18.2 Å². The number of nitrogens with two attached hydrogens (primary N) is 1. The number of hydrogen-bond donors (Lipinski definition) is 2. The molecule has 1 aliphatic heterocycles. The van der Waals surface area contributed by atoms with Gasteiger partial charge in [0.15, 0.2) is 0 Å². The van der Waals surface area contributed by atoms with E-state index in [0.717, 1.165) is 35.3 Å². The van der Waals surface area contributed by atoms with Gasteiger partial charge in [-0.3, -0.25) is 4.90 Å². The quantitative estimate of drug-likeness (QED) is 0.897. The van der Waals surface area contributed by atoms with Crippen LogP contribution in [0.4, 0.5) is 5.69 Å². The molecule has 1 aromatic rings. The zero-order valence-electron chi connectivity index (χ0n) is 12.3. The number of nitrogens with zero attached hydrogens (tertiary/aromatic N) is 1. The van der Waals surface area contributed by atoms with Crippen molar-refractivity contribution in [3.63, 3.8) is 0 Å². The second kappa shape index (κ2) is 5.21. The summed E-state index contributed by atoms with van der Waals surface area (Å²) in [4.78, 5) is 2.62. The van der Waals surface area contributed by atoms with Crippen LogP contribution in [0.2, 0.25) is 5.02 Å². The zero-order chi connectivity index (χ0) is 14.3. The van der Waals surface area contributed by atoms with Gasteiger partial charge >= 0.3 is 0 Å². The molecule has 3 nitrogen and oxygen atoms in total. The van der Waals surface area contributed by atoms with Gasteiger partial charge in [0, 0.05) is 35.9 Å². The average Bonchev–Trinajstić information content (AvgIpc) is 3.20. The van der Waals surface area contributed by atoms with E-state index < -0.39 is 0 Å². The summed E-state index contributed by atoms with van der Waals surface area (Å²) >= 11 is 6.22. The normalized spacial score (nSPS) is 30.7. The summed E-state index contributed by atoms with van der Waals surface area (Å²) in [5.41, 5.74) is 8.28. The highest BCUT2D eigenvalue weighted by molar-refractivity contribution is 6.31. The van der Waals surface area contributed by atoms with E-state index in [4.69, 9.17) is 17.3 Å². The molecule has 1 saturated carbocycles. The van der Waals surface area contributed by atoms with Gasteiger partial charge in [-0.05, 0) is 50.8 Å².